The first-order valence-electron chi connectivity index (χ1n) is 3.22. The zero-order chi connectivity index (χ0) is 9.84. The van der Waals surface area contributed by atoms with Crippen LogP contribution >= 0.6 is 0 Å². The van der Waals surface area contributed by atoms with Gasteiger partial charge in [0.1, 0.15) is 12.4 Å². The molecule has 0 saturated carbocycles. The van der Waals surface area contributed by atoms with Crippen LogP contribution in [-0.4, -0.2) is 28.9 Å². The van der Waals surface area contributed by atoms with Crippen molar-refractivity contribution in [2.45, 2.75) is 0 Å². The van der Waals surface area contributed by atoms with Crippen molar-refractivity contribution in [3.05, 3.63) is 11.9 Å². The van der Waals surface area contributed by atoms with Crippen molar-refractivity contribution in [3.8, 4) is 0 Å². The minimum atomic E-state index is -1.14. The van der Waals surface area contributed by atoms with Gasteiger partial charge < -0.3 is 10.4 Å². The van der Waals surface area contributed by atoms with Gasteiger partial charge in [-0.1, -0.05) is 9.58 Å². The quantitative estimate of drug-likeness (QED) is 0.525. The minimum Gasteiger partial charge on any atom is -0.480 e. The first-order valence-corrected chi connectivity index (χ1v) is 3.22. The number of hydrogen-bond donors (Lipinski definition) is 3. The average molecular weight is 192 g/mol. The highest BCUT2D eigenvalue weighted by molar-refractivity contribution is 5.87. The van der Waals surface area contributed by atoms with E-state index in [2.05, 4.69) is 10.4 Å². The predicted octanol–water partition coefficient (Wildman–Crippen LogP) is -0.510. The van der Waals surface area contributed by atoms with E-state index in [0.717, 1.165) is 6.08 Å². The molecule has 1 heterocycles. The van der Waals surface area contributed by atoms with E-state index < -0.39 is 18.5 Å². The van der Waals surface area contributed by atoms with Crippen LogP contribution in [0.25, 0.3) is 0 Å². The van der Waals surface area contributed by atoms with Gasteiger partial charge in [0, 0.05) is 6.08 Å². The number of hydrazone groups is 1. The minimum absolute atomic E-state index is 0.114. The van der Waals surface area contributed by atoms with Crippen LogP contribution in [0.15, 0.2) is 17.0 Å². The highest BCUT2D eigenvalue weighted by atomic mass is 19.2. The lowest BCUT2D eigenvalue weighted by Crippen LogP contribution is -2.38. The topological polar surface area (TPSA) is 77.0 Å². The maximum Gasteiger partial charge on any atom is 0.322 e. The van der Waals surface area contributed by atoms with E-state index in [-0.39, 0.29) is 11.2 Å². The molecule has 0 aromatic heterocycles. The number of carboxylic acids is 1. The molecule has 8 heteroatoms. The summed E-state index contributed by atoms with van der Waals surface area (Å²) in [4.78, 5) is 10.1. The summed E-state index contributed by atoms with van der Waals surface area (Å²) in [6.45, 7) is -0.444. The Hall–Kier alpha value is -1.86. The fourth-order valence-corrected chi connectivity index (χ4v) is 0.650. The summed E-state index contributed by atoms with van der Waals surface area (Å²) in [6.07, 6.45) is 0.832. The average Bonchev–Trinajstić information content (AvgIpc) is 1.99. The normalized spacial score (nSPS) is 15.7. The van der Waals surface area contributed by atoms with E-state index in [1.165, 1.54) is 0 Å². The van der Waals surface area contributed by atoms with Gasteiger partial charge in [0.25, 0.3) is 0 Å². The molecule has 0 atom stereocenters. The third-order valence-corrected chi connectivity index (χ3v) is 1.09. The van der Waals surface area contributed by atoms with Gasteiger partial charge in [-0.15, -0.1) is 0 Å². The van der Waals surface area contributed by atoms with Gasteiger partial charge in [-0.25, -0.2) is 5.43 Å². The van der Waals surface area contributed by atoms with Crippen molar-refractivity contribution < 1.29 is 18.8 Å². The van der Waals surface area contributed by atoms with Gasteiger partial charge in [-0.05, 0) is 5.34 Å². The molecule has 0 aromatic rings. The summed E-state index contributed by atoms with van der Waals surface area (Å²) in [5.41, 5.74) is 1.93. The summed E-state index contributed by atoms with van der Waals surface area (Å²) in [5.74, 6) is -2.32. The summed E-state index contributed by atoms with van der Waals surface area (Å²) in [7, 11) is 0. The molecule has 0 fully saturated rings. The third kappa shape index (κ3) is 2.93. The summed E-state index contributed by atoms with van der Waals surface area (Å²) in [6, 6.07) is 0. The fraction of sp³-hybridized carbons (Fsp3) is 0.200. The van der Waals surface area contributed by atoms with Gasteiger partial charge >= 0.3 is 5.97 Å². The van der Waals surface area contributed by atoms with E-state index in [9.17, 15) is 13.7 Å². The molecule has 72 valence electrons. The van der Waals surface area contributed by atoms with Crippen LogP contribution in [0.3, 0.4) is 0 Å². The molecule has 0 saturated heterocycles. The largest absolute Gasteiger partial charge is 0.480 e. The summed E-state index contributed by atoms with van der Waals surface area (Å²) in [5, 5.41) is 12.8. The molecular formula is C5H6F2N4O2. The lowest BCUT2D eigenvalue weighted by Gasteiger charge is -2.17. The van der Waals surface area contributed by atoms with E-state index >= 15 is 0 Å². The smallest absolute Gasteiger partial charge is 0.322 e. The second-order valence-electron chi connectivity index (χ2n) is 2.10. The van der Waals surface area contributed by atoms with Gasteiger partial charge in [0.05, 0.1) is 0 Å². The standard InChI is InChI=1S/C5H6F2N4O2/c6-3-1-4(8-2-5(12)13)10-11(7)9-3/h1,8,10H,2H2,(H,12,13). The Kier molecular flexibility index (Phi) is 2.62. The Morgan fingerprint density at radius 2 is 2.54 bits per heavy atom. The lowest BCUT2D eigenvalue weighted by molar-refractivity contribution is -0.136. The van der Waals surface area contributed by atoms with Crippen LogP contribution in [0.2, 0.25) is 0 Å². The maximum atomic E-state index is 12.4. The number of aliphatic carboxylic acids is 1. The molecule has 1 aliphatic heterocycles. The Labute approximate surface area is 71.4 Å². The van der Waals surface area contributed by atoms with E-state index in [0.29, 0.717) is 0 Å². The van der Waals surface area contributed by atoms with E-state index in [1.807, 2.05) is 5.43 Å². The molecule has 13 heavy (non-hydrogen) atoms. The summed E-state index contributed by atoms with van der Waals surface area (Å²) >= 11 is 0. The van der Waals surface area contributed by atoms with Crippen molar-refractivity contribution in [2.75, 3.05) is 6.54 Å². The first kappa shape index (κ1) is 9.23. The van der Waals surface area contributed by atoms with Crippen LogP contribution in [0.4, 0.5) is 8.87 Å². The second kappa shape index (κ2) is 3.70. The molecule has 0 unspecified atom stereocenters. The lowest BCUT2D eigenvalue weighted by atomic mass is 10.5. The maximum absolute atomic E-state index is 12.4. The second-order valence-corrected chi connectivity index (χ2v) is 2.10. The Morgan fingerprint density at radius 1 is 1.85 bits per heavy atom. The molecule has 0 aromatic carbocycles. The number of hydrazine groups is 1. The predicted molar refractivity (Wildman–Crippen MR) is 38.3 cm³/mol. The molecule has 0 spiro atoms. The Bertz CT molecular complexity index is 278. The van der Waals surface area contributed by atoms with E-state index in [1.54, 1.807) is 0 Å². The molecule has 0 amide bonds. The number of carbonyl (C=O) groups is 1. The first-order chi connectivity index (χ1) is 6.08. The molecule has 0 aliphatic carbocycles. The van der Waals surface area contributed by atoms with Crippen LogP contribution in [0, 0.1) is 0 Å². The molecule has 1 aliphatic rings. The van der Waals surface area contributed by atoms with Gasteiger partial charge in [0.2, 0.25) is 5.97 Å². The highest BCUT2D eigenvalue weighted by Gasteiger charge is 2.11. The fourth-order valence-electron chi connectivity index (χ4n) is 0.650. The number of halogens is 2. The van der Waals surface area contributed by atoms with Crippen molar-refractivity contribution in [1.29, 1.82) is 0 Å². The molecule has 3 N–H and O–H groups in total. The van der Waals surface area contributed by atoms with Gasteiger partial charge in [-0.2, -0.15) is 4.39 Å². The number of rotatable bonds is 3. The third-order valence-electron chi connectivity index (χ3n) is 1.09. The number of nitrogens with one attached hydrogen (secondary N) is 2. The molecule has 1 rings (SSSR count). The number of nitrogens with zero attached hydrogens (tertiary/aromatic N) is 2. The van der Waals surface area contributed by atoms with Crippen LogP contribution in [0.1, 0.15) is 0 Å². The molecular weight excluding hydrogens is 186 g/mol. The number of allylic oxidation sites excluding steroid dienone is 1. The van der Waals surface area contributed by atoms with Gasteiger partial charge in [-0.3, -0.25) is 4.79 Å². The zero-order valence-corrected chi connectivity index (χ0v) is 6.29. The highest BCUT2D eigenvalue weighted by Crippen LogP contribution is 2.00. The van der Waals surface area contributed by atoms with Crippen LogP contribution in [-0.2, 0) is 4.79 Å². The molecule has 6 nitrogen and oxygen atoms in total. The SMILES string of the molecule is O=C(O)CNC1=CC(F)=NN(F)N1. The van der Waals surface area contributed by atoms with Crippen molar-refractivity contribution >= 4 is 11.9 Å². The van der Waals surface area contributed by atoms with Crippen LogP contribution in [0.5, 0.6) is 0 Å². The molecule has 0 radical (unpaired) electrons. The van der Waals surface area contributed by atoms with Crippen molar-refractivity contribution in [3.63, 3.8) is 0 Å². The number of hydrogen-bond acceptors (Lipinski definition) is 5. The van der Waals surface area contributed by atoms with Crippen molar-refractivity contribution in [1.82, 2.24) is 16.1 Å². The van der Waals surface area contributed by atoms with Crippen LogP contribution < -0.4 is 10.7 Å². The van der Waals surface area contributed by atoms with E-state index in [4.69, 9.17) is 5.11 Å². The summed E-state index contributed by atoms with van der Waals surface area (Å²) < 4.78 is 24.6. The van der Waals surface area contributed by atoms with Crippen molar-refractivity contribution in [2.24, 2.45) is 5.10 Å². The molecule has 0 bridgehead atoms. The number of carboxylic acid groups (broad SMARTS) is 1. The zero-order valence-electron chi connectivity index (χ0n) is 6.29. The Balaban J connectivity index is 2.51. The monoisotopic (exact) mass is 192 g/mol. The Morgan fingerprint density at radius 3 is 3.08 bits per heavy atom. The van der Waals surface area contributed by atoms with Gasteiger partial charge in [0.15, 0.2) is 0 Å².